The Morgan fingerprint density at radius 1 is 1.32 bits per heavy atom. The molecule has 1 aromatic carbocycles. The van der Waals surface area contributed by atoms with Crippen molar-refractivity contribution in [2.75, 3.05) is 13.1 Å². The van der Waals surface area contributed by atoms with Crippen LogP contribution in [0.25, 0.3) is 0 Å². The van der Waals surface area contributed by atoms with Crippen molar-refractivity contribution < 1.29 is 4.79 Å². The van der Waals surface area contributed by atoms with Gasteiger partial charge in [-0.05, 0) is 37.2 Å². The zero-order valence-electron chi connectivity index (χ0n) is 13.6. The summed E-state index contributed by atoms with van der Waals surface area (Å²) >= 11 is 0. The summed E-state index contributed by atoms with van der Waals surface area (Å²) in [5.41, 5.74) is 7.34. The summed E-state index contributed by atoms with van der Waals surface area (Å²) in [6.07, 6.45) is 6.18. The Labute approximate surface area is 133 Å². The van der Waals surface area contributed by atoms with Crippen LogP contribution in [0.3, 0.4) is 0 Å². The van der Waals surface area contributed by atoms with E-state index < -0.39 is 0 Å². The van der Waals surface area contributed by atoms with Gasteiger partial charge in [0.05, 0.1) is 5.41 Å². The van der Waals surface area contributed by atoms with Crippen molar-refractivity contribution in [3.8, 4) is 0 Å². The summed E-state index contributed by atoms with van der Waals surface area (Å²) in [7, 11) is 0. The second-order valence-electron chi connectivity index (χ2n) is 7.17. The van der Waals surface area contributed by atoms with Gasteiger partial charge in [-0.15, -0.1) is 0 Å². The van der Waals surface area contributed by atoms with Crippen LogP contribution in [0.5, 0.6) is 0 Å². The normalized spacial score (nSPS) is 27.3. The van der Waals surface area contributed by atoms with Gasteiger partial charge in [0.25, 0.3) is 0 Å². The number of rotatable bonds is 4. The average Bonchev–Trinajstić information content (AvgIpc) is 2.52. The van der Waals surface area contributed by atoms with Crippen molar-refractivity contribution in [1.82, 2.24) is 4.90 Å². The molecule has 1 aromatic rings. The Morgan fingerprint density at radius 2 is 2.05 bits per heavy atom. The molecule has 3 rings (SSSR count). The molecule has 120 valence electrons. The monoisotopic (exact) mass is 300 g/mol. The molecule has 0 bridgehead atoms. The molecule has 1 heterocycles. The smallest absolute Gasteiger partial charge is 0.229 e. The Hall–Kier alpha value is -1.35. The fourth-order valence-electron chi connectivity index (χ4n) is 4.06. The molecule has 1 aliphatic carbocycles. The molecule has 2 atom stereocenters. The van der Waals surface area contributed by atoms with Crippen LogP contribution in [-0.4, -0.2) is 29.9 Å². The van der Waals surface area contributed by atoms with Gasteiger partial charge in [-0.3, -0.25) is 4.79 Å². The minimum absolute atomic E-state index is 0.138. The first kappa shape index (κ1) is 15.5. The van der Waals surface area contributed by atoms with Crippen molar-refractivity contribution >= 4 is 5.91 Å². The van der Waals surface area contributed by atoms with Gasteiger partial charge in [0.2, 0.25) is 5.91 Å². The molecule has 1 saturated heterocycles. The average molecular weight is 300 g/mol. The molecule has 0 aromatic heterocycles. The van der Waals surface area contributed by atoms with Crippen LogP contribution in [0.2, 0.25) is 0 Å². The van der Waals surface area contributed by atoms with Crippen molar-refractivity contribution in [3.63, 3.8) is 0 Å². The van der Waals surface area contributed by atoms with E-state index in [4.69, 9.17) is 5.73 Å². The predicted molar refractivity (Wildman–Crippen MR) is 89.4 cm³/mol. The second kappa shape index (κ2) is 6.41. The fraction of sp³-hybridized carbons (Fsp3) is 0.632. The quantitative estimate of drug-likeness (QED) is 0.929. The molecule has 1 aliphatic heterocycles. The Morgan fingerprint density at radius 3 is 2.64 bits per heavy atom. The molecular weight excluding hydrogens is 272 g/mol. The maximum atomic E-state index is 13.2. The van der Waals surface area contributed by atoms with Crippen molar-refractivity contribution in [3.05, 3.63) is 35.9 Å². The van der Waals surface area contributed by atoms with Gasteiger partial charge in [-0.25, -0.2) is 0 Å². The number of likely N-dealkylation sites (tertiary alicyclic amines) is 1. The molecule has 1 saturated carbocycles. The zero-order chi connectivity index (χ0) is 15.6. The number of amides is 1. The highest BCUT2D eigenvalue weighted by atomic mass is 16.2. The minimum atomic E-state index is -0.138. The minimum Gasteiger partial charge on any atom is -0.342 e. The number of carbonyl (C=O) groups excluding carboxylic acids is 1. The molecule has 2 unspecified atom stereocenters. The number of carbonyl (C=O) groups is 1. The number of nitrogens with zero attached hydrogens (tertiary/aromatic N) is 1. The van der Waals surface area contributed by atoms with Gasteiger partial charge in [0.1, 0.15) is 0 Å². The van der Waals surface area contributed by atoms with E-state index >= 15 is 0 Å². The summed E-state index contributed by atoms with van der Waals surface area (Å²) in [5, 5.41) is 0. The molecule has 3 heteroatoms. The van der Waals surface area contributed by atoms with Crippen LogP contribution in [0, 0.1) is 11.3 Å². The van der Waals surface area contributed by atoms with Crippen LogP contribution in [-0.2, 0) is 11.2 Å². The molecule has 2 N–H and O–H groups in total. The molecule has 1 amide bonds. The van der Waals surface area contributed by atoms with Gasteiger partial charge < -0.3 is 10.6 Å². The van der Waals surface area contributed by atoms with E-state index in [1.807, 2.05) is 6.07 Å². The van der Waals surface area contributed by atoms with Crippen LogP contribution in [0.1, 0.15) is 44.6 Å². The van der Waals surface area contributed by atoms with Crippen molar-refractivity contribution in [2.24, 2.45) is 17.1 Å². The van der Waals surface area contributed by atoms with Crippen molar-refractivity contribution in [2.45, 2.75) is 51.5 Å². The maximum Gasteiger partial charge on any atom is 0.229 e. The summed E-state index contributed by atoms with van der Waals surface area (Å²) in [6, 6.07) is 10.7. The van der Waals surface area contributed by atoms with Gasteiger partial charge in [-0.1, -0.05) is 50.1 Å². The van der Waals surface area contributed by atoms with Crippen molar-refractivity contribution in [1.29, 1.82) is 0 Å². The fourth-order valence-corrected chi connectivity index (χ4v) is 4.06. The highest BCUT2D eigenvalue weighted by Gasteiger charge is 2.47. The first-order valence-corrected chi connectivity index (χ1v) is 8.73. The van der Waals surface area contributed by atoms with E-state index in [0.717, 1.165) is 45.2 Å². The Balaban J connectivity index is 1.72. The lowest BCUT2D eigenvalue weighted by Gasteiger charge is -2.46. The summed E-state index contributed by atoms with van der Waals surface area (Å²) in [6.45, 7) is 3.88. The maximum absolute atomic E-state index is 13.2. The Kier molecular flexibility index (Phi) is 4.53. The highest BCUT2D eigenvalue weighted by Crippen LogP contribution is 2.45. The van der Waals surface area contributed by atoms with Gasteiger partial charge in [0.15, 0.2) is 0 Å². The van der Waals surface area contributed by atoms with E-state index in [9.17, 15) is 4.79 Å². The molecule has 2 aliphatic rings. The lowest BCUT2D eigenvalue weighted by molar-refractivity contribution is -0.149. The number of hydrogen-bond acceptors (Lipinski definition) is 2. The van der Waals surface area contributed by atoms with Crippen LogP contribution < -0.4 is 5.73 Å². The first-order chi connectivity index (χ1) is 10.6. The number of benzene rings is 1. The zero-order valence-corrected chi connectivity index (χ0v) is 13.6. The molecule has 22 heavy (non-hydrogen) atoms. The van der Waals surface area contributed by atoms with Gasteiger partial charge in [-0.2, -0.15) is 0 Å². The highest BCUT2D eigenvalue weighted by molar-refractivity contribution is 5.84. The van der Waals surface area contributed by atoms with E-state index in [-0.39, 0.29) is 11.5 Å². The largest absolute Gasteiger partial charge is 0.342 e. The standard InChI is InChI=1S/C19H28N2O/c1-2-16-14-21(12-9-17(16)20)18(22)19(10-6-11-19)13-15-7-4-3-5-8-15/h3-5,7-8,16-17H,2,6,9-14,20H2,1H3. The molecule has 0 spiro atoms. The summed E-state index contributed by atoms with van der Waals surface area (Å²) in [4.78, 5) is 15.3. The van der Waals surface area contributed by atoms with Gasteiger partial charge in [0, 0.05) is 19.1 Å². The molecule has 2 fully saturated rings. The lowest BCUT2D eigenvalue weighted by Crippen LogP contribution is -2.55. The third-order valence-electron chi connectivity index (χ3n) is 5.75. The number of nitrogens with two attached hydrogens (primary N) is 1. The lowest BCUT2D eigenvalue weighted by atomic mass is 9.64. The Bertz CT molecular complexity index is 509. The van der Waals surface area contributed by atoms with E-state index in [1.165, 1.54) is 12.0 Å². The predicted octanol–water partition coefficient (Wildman–Crippen LogP) is 2.99. The van der Waals surface area contributed by atoms with Crippen LogP contribution in [0.15, 0.2) is 30.3 Å². The molecule has 3 nitrogen and oxygen atoms in total. The summed E-state index contributed by atoms with van der Waals surface area (Å²) < 4.78 is 0. The van der Waals surface area contributed by atoms with E-state index in [0.29, 0.717) is 11.8 Å². The second-order valence-corrected chi connectivity index (χ2v) is 7.17. The SMILES string of the molecule is CCC1CN(C(=O)C2(Cc3ccccc3)CCC2)CCC1N. The molecule has 0 radical (unpaired) electrons. The third kappa shape index (κ3) is 2.91. The first-order valence-electron chi connectivity index (χ1n) is 8.73. The molecular formula is C19H28N2O. The third-order valence-corrected chi connectivity index (χ3v) is 5.75. The number of hydrogen-bond donors (Lipinski definition) is 1. The topological polar surface area (TPSA) is 46.3 Å². The number of piperidine rings is 1. The van der Waals surface area contributed by atoms with Gasteiger partial charge >= 0.3 is 0 Å². The van der Waals surface area contributed by atoms with E-state index in [2.05, 4.69) is 36.1 Å². The summed E-state index contributed by atoms with van der Waals surface area (Å²) in [5.74, 6) is 0.847. The van der Waals surface area contributed by atoms with Crippen LogP contribution in [0.4, 0.5) is 0 Å². The van der Waals surface area contributed by atoms with E-state index in [1.54, 1.807) is 0 Å². The van der Waals surface area contributed by atoms with Crippen LogP contribution >= 0.6 is 0 Å².